The summed E-state index contributed by atoms with van der Waals surface area (Å²) in [4.78, 5) is 2.91. The smallest absolute Gasteiger partial charge is 0.0734 e. The van der Waals surface area contributed by atoms with Gasteiger partial charge >= 0.3 is 0 Å². The van der Waals surface area contributed by atoms with E-state index in [9.17, 15) is 0 Å². The topological polar surface area (TPSA) is 48.8 Å². The Morgan fingerprint density at radius 2 is 1.80 bits per heavy atom. The molecule has 3 nitrogen and oxygen atoms in total. The SMILES string of the molecule is Cc1ccc(C#CCC(N=[N+]=[N-])c2ccccc2)cc1. The van der Waals surface area contributed by atoms with Crippen molar-refractivity contribution in [2.45, 2.75) is 19.4 Å². The first-order valence-corrected chi connectivity index (χ1v) is 6.44. The first-order valence-electron chi connectivity index (χ1n) is 6.44. The van der Waals surface area contributed by atoms with Gasteiger partial charge in [-0.3, -0.25) is 0 Å². The van der Waals surface area contributed by atoms with Gasteiger partial charge in [0.2, 0.25) is 0 Å². The molecule has 2 aromatic carbocycles. The van der Waals surface area contributed by atoms with Gasteiger partial charge in [0.05, 0.1) is 6.04 Å². The van der Waals surface area contributed by atoms with Crippen molar-refractivity contribution in [2.75, 3.05) is 0 Å². The van der Waals surface area contributed by atoms with Gasteiger partial charge in [-0.2, -0.15) is 0 Å². The fraction of sp³-hybridized carbons (Fsp3) is 0.176. The lowest BCUT2D eigenvalue weighted by Gasteiger charge is -2.06. The Kier molecular flexibility index (Phi) is 4.83. The van der Waals surface area contributed by atoms with Crippen LogP contribution in [0.1, 0.15) is 29.2 Å². The van der Waals surface area contributed by atoms with E-state index in [1.807, 2.05) is 61.5 Å². The van der Waals surface area contributed by atoms with Crippen molar-refractivity contribution in [1.29, 1.82) is 0 Å². The van der Waals surface area contributed by atoms with Crippen molar-refractivity contribution in [2.24, 2.45) is 5.11 Å². The van der Waals surface area contributed by atoms with Crippen molar-refractivity contribution in [3.05, 3.63) is 81.7 Å². The minimum absolute atomic E-state index is 0.237. The highest BCUT2D eigenvalue weighted by Crippen LogP contribution is 2.20. The molecule has 0 heterocycles. The summed E-state index contributed by atoms with van der Waals surface area (Å²) >= 11 is 0. The Balaban J connectivity index is 2.11. The van der Waals surface area contributed by atoms with Gasteiger partial charge in [-0.15, -0.1) is 0 Å². The van der Waals surface area contributed by atoms with Crippen molar-refractivity contribution >= 4 is 0 Å². The van der Waals surface area contributed by atoms with E-state index >= 15 is 0 Å². The summed E-state index contributed by atoms with van der Waals surface area (Å²) in [5, 5.41) is 3.82. The van der Waals surface area contributed by atoms with E-state index in [1.165, 1.54) is 5.56 Å². The van der Waals surface area contributed by atoms with Crippen LogP contribution in [-0.4, -0.2) is 0 Å². The molecule has 0 spiro atoms. The van der Waals surface area contributed by atoms with Gasteiger partial charge < -0.3 is 0 Å². The Labute approximate surface area is 118 Å². The third-order valence-corrected chi connectivity index (χ3v) is 2.96. The molecule has 1 atom stereocenters. The van der Waals surface area contributed by atoms with Crippen molar-refractivity contribution in [1.82, 2.24) is 0 Å². The average Bonchev–Trinajstić information content (AvgIpc) is 2.49. The van der Waals surface area contributed by atoms with Crippen LogP contribution in [0.15, 0.2) is 59.7 Å². The molecule has 0 aliphatic heterocycles. The summed E-state index contributed by atoms with van der Waals surface area (Å²) in [6.07, 6.45) is 0.516. The Morgan fingerprint density at radius 3 is 2.45 bits per heavy atom. The number of hydrogen-bond donors (Lipinski definition) is 0. The molecule has 0 bridgehead atoms. The molecule has 1 unspecified atom stereocenters. The maximum Gasteiger partial charge on any atom is 0.0734 e. The van der Waals surface area contributed by atoms with Crippen LogP contribution in [0.5, 0.6) is 0 Å². The summed E-state index contributed by atoms with van der Waals surface area (Å²) in [7, 11) is 0. The van der Waals surface area contributed by atoms with Crippen LogP contribution in [0, 0.1) is 18.8 Å². The lowest BCUT2D eigenvalue weighted by atomic mass is 10.0. The van der Waals surface area contributed by atoms with Crippen LogP contribution in [0.2, 0.25) is 0 Å². The molecule has 0 aliphatic carbocycles. The van der Waals surface area contributed by atoms with E-state index in [2.05, 4.69) is 21.9 Å². The average molecular weight is 261 g/mol. The number of benzene rings is 2. The maximum atomic E-state index is 8.66. The second-order valence-corrected chi connectivity index (χ2v) is 4.50. The molecular formula is C17H15N3. The van der Waals surface area contributed by atoms with Gasteiger partial charge in [-0.1, -0.05) is 65.0 Å². The second-order valence-electron chi connectivity index (χ2n) is 4.50. The molecule has 0 N–H and O–H groups in total. The molecule has 0 aliphatic rings. The van der Waals surface area contributed by atoms with Gasteiger partial charge in [0.25, 0.3) is 0 Å². The van der Waals surface area contributed by atoms with E-state index in [1.54, 1.807) is 0 Å². The fourth-order valence-corrected chi connectivity index (χ4v) is 1.85. The minimum Gasteiger partial charge on any atom is -0.0971 e. The van der Waals surface area contributed by atoms with Crippen LogP contribution in [0.25, 0.3) is 10.4 Å². The maximum absolute atomic E-state index is 8.66. The molecule has 3 heteroatoms. The van der Waals surface area contributed by atoms with Gasteiger partial charge in [0, 0.05) is 16.9 Å². The molecule has 0 amide bonds. The Bertz CT molecular complexity index is 657. The fourth-order valence-electron chi connectivity index (χ4n) is 1.85. The number of nitrogens with zero attached hydrogens (tertiary/aromatic N) is 3. The van der Waals surface area contributed by atoms with E-state index in [4.69, 9.17) is 5.53 Å². The number of aryl methyl sites for hydroxylation is 1. The first kappa shape index (κ1) is 13.7. The predicted molar refractivity (Wildman–Crippen MR) is 81.0 cm³/mol. The van der Waals surface area contributed by atoms with Crippen LogP contribution in [-0.2, 0) is 0 Å². The molecule has 0 saturated carbocycles. The third-order valence-electron chi connectivity index (χ3n) is 2.96. The zero-order valence-corrected chi connectivity index (χ0v) is 11.3. The molecule has 2 rings (SSSR count). The summed E-state index contributed by atoms with van der Waals surface area (Å²) in [6, 6.07) is 17.5. The number of rotatable bonds is 3. The highest BCUT2D eigenvalue weighted by atomic mass is 15.1. The van der Waals surface area contributed by atoms with Crippen LogP contribution >= 0.6 is 0 Å². The van der Waals surface area contributed by atoms with Gasteiger partial charge in [-0.25, -0.2) is 0 Å². The lowest BCUT2D eigenvalue weighted by molar-refractivity contribution is 0.746. The molecule has 98 valence electrons. The van der Waals surface area contributed by atoms with Gasteiger partial charge in [0.15, 0.2) is 0 Å². The highest BCUT2D eigenvalue weighted by Gasteiger charge is 2.06. The molecule has 0 saturated heterocycles. The quantitative estimate of drug-likeness (QED) is 0.330. The molecule has 0 fully saturated rings. The lowest BCUT2D eigenvalue weighted by Crippen LogP contribution is -1.92. The number of azide groups is 1. The molecule has 2 aromatic rings. The molecule has 20 heavy (non-hydrogen) atoms. The molecular weight excluding hydrogens is 246 g/mol. The monoisotopic (exact) mass is 261 g/mol. The Hall–Kier alpha value is -2.69. The van der Waals surface area contributed by atoms with Crippen LogP contribution in [0.3, 0.4) is 0 Å². The van der Waals surface area contributed by atoms with E-state index in [-0.39, 0.29) is 6.04 Å². The second kappa shape index (κ2) is 7.04. The van der Waals surface area contributed by atoms with Crippen LogP contribution < -0.4 is 0 Å². The van der Waals surface area contributed by atoms with Gasteiger partial charge in [-0.05, 0) is 30.2 Å². The molecule has 0 aromatic heterocycles. The molecule has 0 radical (unpaired) electrons. The van der Waals surface area contributed by atoms with E-state index < -0.39 is 0 Å². The minimum atomic E-state index is -0.237. The number of hydrogen-bond acceptors (Lipinski definition) is 1. The standard InChI is InChI=1S/C17H15N3/c1-14-10-12-15(13-11-14)6-5-9-17(19-20-18)16-7-3-2-4-8-16/h2-4,7-8,10-13,17H,9H2,1H3. The van der Waals surface area contributed by atoms with E-state index in [0.717, 1.165) is 11.1 Å². The summed E-state index contributed by atoms with van der Waals surface area (Å²) in [5.74, 6) is 6.19. The normalized spacial score (nSPS) is 10.8. The summed E-state index contributed by atoms with van der Waals surface area (Å²) in [5.41, 5.74) is 11.8. The Morgan fingerprint density at radius 1 is 1.10 bits per heavy atom. The van der Waals surface area contributed by atoms with Crippen molar-refractivity contribution in [3.8, 4) is 11.8 Å². The summed E-state index contributed by atoms with van der Waals surface area (Å²) in [6.45, 7) is 2.05. The highest BCUT2D eigenvalue weighted by molar-refractivity contribution is 5.36. The van der Waals surface area contributed by atoms with Gasteiger partial charge in [0.1, 0.15) is 0 Å². The van der Waals surface area contributed by atoms with Crippen molar-refractivity contribution in [3.63, 3.8) is 0 Å². The summed E-state index contributed by atoms with van der Waals surface area (Å²) < 4.78 is 0. The first-order chi connectivity index (χ1) is 9.79. The zero-order chi connectivity index (χ0) is 14.2. The largest absolute Gasteiger partial charge is 0.0971 e. The van der Waals surface area contributed by atoms with Crippen molar-refractivity contribution < 1.29 is 0 Å². The predicted octanol–water partition coefficient (Wildman–Crippen LogP) is 4.79. The zero-order valence-electron chi connectivity index (χ0n) is 11.3. The van der Waals surface area contributed by atoms with Crippen LogP contribution in [0.4, 0.5) is 0 Å². The third kappa shape index (κ3) is 3.91. The van der Waals surface area contributed by atoms with E-state index in [0.29, 0.717) is 6.42 Å².